The molecule has 0 radical (unpaired) electrons. The zero-order chi connectivity index (χ0) is 27.1. The van der Waals surface area contributed by atoms with Gasteiger partial charge in [-0.05, 0) is 44.4 Å². The molecule has 0 aliphatic carbocycles. The number of rotatable bonds is 12. The molecule has 2 heterocycles. The van der Waals surface area contributed by atoms with Crippen molar-refractivity contribution in [1.82, 2.24) is 14.5 Å². The Bertz CT molecular complexity index is 1280. The number of Topliss-reactive ketones (excluding diaryl/α,β-unsaturated/α-hetero) is 1. The number of carbonyl (C=O) groups is 2. The summed E-state index contributed by atoms with van der Waals surface area (Å²) >= 11 is 0. The van der Waals surface area contributed by atoms with Crippen molar-refractivity contribution in [2.24, 2.45) is 0 Å². The summed E-state index contributed by atoms with van der Waals surface area (Å²) < 4.78 is 13.7. The Morgan fingerprint density at radius 1 is 1.00 bits per heavy atom. The molecule has 8 nitrogen and oxygen atoms in total. The predicted molar refractivity (Wildman–Crippen MR) is 145 cm³/mol. The Morgan fingerprint density at radius 2 is 1.79 bits per heavy atom. The van der Waals surface area contributed by atoms with Crippen LogP contribution in [0.5, 0.6) is 11.5 Å². The van der Waals surface area contributed by atoms with Gasteiger partial charge in [-0.15, -0.1) is 0 Å². The SMILES string of the molecule is CCCCOc1ccc(C2/C(=C(\O)c3ccc(C)cc3)C(=O)C(=O)N2CCCn2ccnc2)cc1OCC. The summed E-state index contributed by atoms with van der Waals surface area (Å²) in [7, 11) is 0. The van der Waals surface area contributed by atoms with Crippen LogP contribution in [-0.2, 0) is 16.1 Å². The number of unbranched alkanes of at least 4 members (excludes halogenated alkanes) is 1. The molecule has 1 unspecified atom stereocenters. The van der Waals surface area contributed by atoms with E-state index in [1.165, 1.54) is 0 Å². The number of carbonyl (C=O) groups excluding carboxylic acids is 2. The van der Waals surface area contributed by atoms with Crippen molar-refractivity contribution in [3.63, 3.8) is 0 Å². The molecule has 0 bridgehead atoms. The molecule has 8 heteroatoms. The fourth-order valence-corrected chi connectivity index (χ4v) is 4.58. The number of likely N-dealkylation sites (tertiary alicyclic amines) is 1. The van der Waals surface area contributed by atoms with Crippen LogP contribution < -0.4 is 9.47 Å². The van der Waals surface area contributed by atoms with E-state index in [1.807, 2.05) is 54.9 Å². The summed E-state index contributed by atoms with van der Waals surface area (Å²) in [6.45, 7) is 7.90. The van der Waals surface area contributed by atoms with E-state index in [0.717, 1.165) is 18.4 Å². The third-order valence-electron chi connectivity index (χ3n) is 6.58. The topological polar surface area (TPSA) is 93.9 Å². The second-order valence-electron chi connectivity index (χ2n) is 9.35. The van der Waals surface area contributed by atoms with Crippen LogP contribution in [-0.4, -0.2) is 51.0 Å². The number of aryl methyl sites for hydroxylation is 2. The first-order valence-electron chi connectivity index (χ1n) is 13.1. The van der Waals surface area contributed by atoms with E-state index in [1.54, 1.807) is 29.6 Å². The molecule has 1 aliphatic heterocycles. The first-order valence-corrected chi connectivity index (χ1v) is 13.1. The Morgan fingerprint density at radius 3 is 2.47 bits per heavy atom. The molecule has 2 aromatic carbocycles. The number of aliphatic hydroxyl groups excluding tert-OH is 1. The smallest absolute Gasteiger partial charge is 0.295 e. The van der Waals surface area contributed by atoms with Crippen LogP contribution in [0.1, 0.15) is 55.8 Å². The number of hydrogen-bond acceptors (Lipinski definition) is 6. The Kier molecular flexibility index (Phi) is 8.84. The molecule has 1 amide bonds. The van der Waals surface area contributed by atoms with Gasteiger partial charge >= 0.3 is 0 Å². The minimum absolute atomic E-state index is 0.0728. The van der Waals surface area contributed by atoms with E-state index in [0.29, 0.717) is 55.4 Å². The fraction of sp³-hybridized carbons (Fsp3) is 0.367. The van der Waals surface area contributed by atoms with Gasteiger partial charge in [0.15, 0.2) is 11.5 Å². The summed E-state index contributed by atoms with van der Waals surface area (Å²) in [5.74, 6) is -0.362. The van der Waals surface area contributed by atoms with Crippen LogP contribution >= 0.6 is 0 Å². The van der Waals surface area contributed by atoms with Gasteiger partial charge < -0.3 is 24.0 Å². The number of ether oxygens (including phenoxy) is 2. The van der Waals surface area contributed by atoms with E-state index >= 15 is 0 Å². The van der Waals surface area contributed by atoms with Crippen LogP contribution in [0.2, 0.25) is 0 Å². The van der Waals surface area contributed by atoms with Gasteiger partial charge in [0.05, 0.1) is 31.2 Å². The molecule has 4 rings (SSSR count). The van der Waals surface area contributed by atoms with Gasteiger partial charge in [0, 0.05) is 31.0 Å². The Labute approximate surface area is 223 Å². The van der Waals surface area contributed by atoms with Gasteiger partial charge in [0.25, 0.3) is 11.7 Å². The highest BCUT2D eigenvalue weighted by Crippen LogP contribution is 2.42. The number of ketones is 1. The number of aliphatic hydroxyl groups is 1. The van der Waals surface area contributed by atoms with Crippen LogP contribution in [0.25, 0.3) is 5.76 Å². The first-order chi connectivity index (χ1) is 18.4. The van der Waals surface area contributed by atoms with Crippen LogP contribution in [0.15, 0.2) is 66.8 Å². The Hall–Kier alpha value is -4.07. The first kappa shape index (κ1) is 27.0. The number of amides is 1. The van der Waals surface area contributed by atoms with Gasteiger partial charge in [0.1, 0.15) is 5.76 Å². The van der Waals surface area contributed by atoms with Crippen molar-refractivity contribution in [3.8, 4) is 11.5 Å². The summed E-state index contributed by atoms with van der Waals surface area (Å²) in [6, 6.07) is 11.9. The lowest BCUT2D eigenvalue weighted by atomic mass is 9.94. The van der Waals surface area contributed by atoms with E-state index in [-0.39, 0.29) is 11.3 Å². The molecule has 200 valence electrons. The quantitative estimate of drug-likeness (QED) is 0.152. The lowest BCUT2D eigenvalue weighted by molar-refractivity contribution is -0.139. The molecule has 1 N–H and O–H groups in total. The number of nitrogens with zero attached hydrogens (tertiary/aromatic N) is 3. The molecule has 1 saturated heterocycles. The molecule has 0 spiro atoms. The van der Waals surface area contributed by atoms with Gasteiger partial charge in [-0.2, -0.15) is 0 Å². The second kappa shape index (κ2) is 12.4. The average molecular weight is 518 g/mol. The van der Waals surface area contributed by atoms with Gasteiger partial charge in [-0.3, -0.25) is 9.59 Å². The fourth-order valence-electron chi connectivity index (χ4n) is 4.58. The van der Waals surface area contributed by atoms with Gasteiger partial charge in [0.2, 0.25) is 0 Å². The van der Waals surface area contributed by atoms with Crippen molar-refractivity contribution in [2.75, 3.05) is 19.8 Å². The molecule has 38 heavy (non-hydrogen) atoms. The maximum atomic E-state index is 13.3. The zero-order valence-corrected chi connectivity index (χ0v) is 22.2. The van der Waals surface area contributed by atoms with Crippen LogP contribution in [0, 0.1) is 6.92 Å². The minimum Gasteiger partial charge on any atom is -0.507 e. The van der Waals surface area contributed by atoms with Crippen LogP contribution in [0.4, 0.5) is 0 Å². The van der Waals surface area contributed by atoms with E-state index in [4.69, 9.17) is 9.47 Å². The highest BCUT2D eigenvalue weighted by atomic mass is 16.5. The normalized spacial score (nSPS) is 16.7. The predicted octanol–water partition coefficient (Wildman–Crippen LogP) is 5.28. The maximum Gasteiger partial charge on any atom is 0.295 e. The lowest BCUT2D eigenvalue weighted by Crippen LogP contribution is -2.31. The largest absolute Gasteiger partial charge is 0.507 e. The molecule has 0 saturated carbocycles. The molecule has 1 aliphatic rings. The van der Waals surface area contributed by atoms with Crippen molar-refractivity contribution in [3.05, 3.63) is 83.4 Å². The summed E-state index contributed by atoms with van der Waals surface area (Å²) in [4.78, 5) is 32.2. The molecule has 1 fully saturated rings. The third kappa shape index (κ3) is 5.90. The average Bonchev–Trinajstić information content (AvgIpc) is 3.52. The van der Waals surface area contributed by atoms with E-state index in [9.17, 15) is 14.7 Å². The standard InChI is InChI=1S/C30H35N3O5/c1-4-6-18-38-24-13-12-23(19-25(24)37-5-2)27-26(28(34)22-10-8-21(3)9-11-22)29(35)30(36)33(27)16-7-15-32-17-14-31-20-32/h8-14,17,19-20,27,34H,4-7,15-16,18H2,1-3H3/b28-26+. The van der Waals surface area contributed by atoms with E-state index < -0.39 is 17.7 Å². The van der Waals surface area contributed by atoms with Crippen molar-refractivity contribution in [2.45, 2.75) is 52.6 Å². The highest BCUT2D eigenvalue weighted by Gasteiger charge is 2.46. The van der Waals surface area contributed by atoms with Crippen molar-refractivity contribution in [1.29, 1.82) is 0 Å². The third-order valence-corrected chi connectivity index (χ3v) is 6.58. The molecular weight excluding hydrogens is 482 g/mol. The highest BCUT2D eigenvalue weighted by molar-refractivity contribution is 6.46. The Balaban J connectivity index is 1.75. The number of benzene rings is 2. The number of hydrogen-bond donors (Lipinski definition) is 1. The molecule has 1 atom stereocenters. The zero-order valence-electron chi connectivity index (χ0n) is 22.2. The van der Waals surface area contributed by atoms with Crippen molar-refractivity contribution < 1.29 is 24.2 Å². The van der Waals surface area contributed by atoms with Gasteiger partial charge in [-0.1, -0.05) is 49.2 Å². The number of imidazole rings is 1. The molecule has 1 aromatic heterocycles. The summed E-state index contributed by atoms with van der Waals surface area (Å²) in [5, 5.41) is 11.3. The summed E-state index contributed by atoms with van der Waals surface area (Å²) in [5.41, 5.74) is 2.26. The van der Waals surface area contributed by atoms with Crippen LogP contribution in [0.3, 0.4) is 0 Å². The maximum absolute atomic E-state index is 13.3. The van der Waals surface area contributed by atoms with Gasteiger partial charge in [-0.25, -0.2) is 4.98 Å². The van der Waals surface area contributed by atoms with E-state index in [2.05, 4.69) is 11.9 Å². The monoisotopic (exact) mass is 517 g/mol. The second-order valence-corrected chi connectivity index (χ2v) is 9.35. The minimum atomic E-state index is -0.761. The molecule has 3 aromatic rings. The van der Waals surface area contributed by atoms with Crippen molar-refractivity contribution >= 4 is 17.4 Å². The number of aromatic nitrogens is 2. The summed E-state index contributed by atoms with van der Waals surface area (Å²) in [6.07, 6.45) is 7.81. The molecular formula is C30H35N3O5. The lowest BCUT2D eigenvalue weighted by Gasteiger charge is -2.26.